The van der Waals surface area contributed by atoms with Gasteiger partial charge in [-0.2, -0.15) is 0 Å². The summed E-state index contributed by atoms with van der Waals surface area (Å²) in [5, 5.41) is 40.6. The zero-order chi connectivity index (χ0) is 22.0. The van der Waals surface area contributed by atoms with Crippen LogP contribution in [-0.4, -0.2) is 56.8 Å². The van der Waals surface area contributed by atoms with Crippen molar-refractivity contribution in [2.45, 2.75) is 110 Å². The van der Waals surface area contributed by atoms with E-state index in [0.29, 0.717) is 12.8 Å². The molecule has 0 fully saturated rings. The Bertz CT molecular complexity index is 318. The van der Waals surface area contributed by atoms with Crippen molar-refractivity contribution in [3.8, 4) is 0 Å². The third-order valence-electron chi connectivity index (χ3n) is 3.91. The van der Waals surface area contributed by atoms with Gasteiger partial charge in [-0.05, 0) is 12.8 Å². The average Bonchev–Trinajstić information content (AvgIpc) is 2.67. The average molecular weight is 409 g/mol. The molecule has 0 spiro atoms. The second-order valence-electron chi connectivity index (χ2n) is 6.84. The van der Waals surface area contributed by atoms with E-state index in [-0.39, 0.29) is 13.2 Å². The fraction of sp³-hybridized carbons (Fsp3) is 0.905. The van der Waals surface area contributed by atoms with Crippen molar-refractivity contribution < 1.29 is 35.1 Å². The van der Waals surface area contributed by atoms with Crippen LogP contribution < -0.4 is 0 Å². The molecule has 7 heteroatoms. The summed E-state index contributed by atoms with van der Waals surface area (Å²) in [7, 11) is 0. The number of aliphatic hydroxyl groups excluding tert-OH is 3. The minimum absolute atomic E-state index is 0.337. The maximum absolute atomic E-state index is 10.1. The summed E-state index contributed by atoms with van der Waals surface area (Å²) in [5.74, 6) is -1.33. The van der Waals surface area contributed by atoms with Gasteiger partial charge in [0.25, 0.3) is 0 Å². The highest BCUT2D eigenvalue weighted by molar-refractivity contribution is 5.66. The molecule has 5 N–H and O–H groups in total. The lowest BCUT2D eigenvalue weighted by atomic mass is 10.1. The molecule has 0 aliphatic carbocycles. The second-order valence-corrected chi connectivity index (χ2v) is 6.84. The molecule has 28 heavy (non-hydrogen) atoms. The summed E-state index contributed by atoms with van der Waals surface area (Å²) in [6.45, 7) is 3.62. The molecule has 0 unspecified atom stereocenters. The predicted molar refractivity (Wildman–Crippen MR) is 111 cm³/mol. The van der Waals surface area contributed by atoms with Crippen LogP contribution in [0.2, 0.25) is 0 Å². The fourth-order valence-electron chi connectivity index (χ4n) is 2.17. The Labute approximate surface area is 170 Å². The van der Waals surface area contributed by atoms with Crippen LogP contribution in [0.15, 0.2) is 0 Å². The van der Waals surface area contributed by atoms with Crippen molar-refractivity contribution in [2.24, 2.45) is 0 Å². The van der Waals surface area contributed by atoms with Crippen molar-refractivity contribution in [1.82, 2.24) is 0 Å². The lowest BCUT2D eigenvalue weighted by Gasteiger charge is -1.98. The van der Waals surface area contributed by atoms with Crippen LogP contribution in [0.25, 0.3) is 0 Å². The number of aliphatic hydroxyl groups is 3. The minimum atomic E-state index is -0.954. The van der Waals surface area contributed by atoms with Gasteiger partial charge in [0, 0.05) is 12.8 Å². The number of hydrogen-bond acceptors (Lipinski definition) is 5. The zero-order valence-electron chi connectivity index (χ0n) is 17.9. The van der Waals surface area contributed by atoms with E-state index in [2.05, 4.69) is 13.8 Å². The number of aliphatic carboxylic acids is 2. The van der Waals surface area contributed by atoms with Gasteiger partial charge in [0.2, 0.25) is 0 Å². The molecular formula is C21H44O7. The molecule has 7 nitrogen and oxygen atoms in total. The Hall–Kier alpha value is -1.18. The van der Waals surface area contributed by atoms with Gasteiger partial charge in [0.15, 0.2) is 0 Å². The van der Waals surface area contributed by atoms with E-state index < -0.39 is 18.0 Å². The zero-order valence-corrected chi connectivity index (χ0v) is 17.9. The summed E-state index contributed by atoms with van der Waals surface area (Å²) in [4.78, 5) is 20.2. The third kappa shape index (κ3) is 39.8. The molecule has 170 valence electrons. The van der Waals surface area contributed by atoms with Crippen molar-refractivity contribution in [3.63, 3.8) is 0 Å². The van der Waals surface area contributed by atoms with Crippen molar-refractivity contribution >= 4 is 11.9 Å². The van der Waals surface area contributed by atoms with Crippen LogP contribution in [0, 0.1) is 0 Å². The van der Waals surface area contributed by atoms with E-state index in [1.165, 1.54) is 51.4 Å². The molecule has 0 aromatic rings. The van der Waals surface area contributed by atoms with E-state index in [1.54, 1.807) is 0 Å². The topological polar surface area (TPSA) is 135 Å². The van der Waals surface area contributed by atoms with E-state index in [0.717, 1.165) is 25.7 Å². The number of carbonyl (C=O) groups is 2. The molecule has 0 saturated heterocycles. The lowest BCUT2D eigenvalue weighted by molar-refractivity contribution is -0.138. The summed E-state index contributed by atoms with van der Waals surface area (Å²) in [6, 6.07) is 0. The van der Waals surface area contributed by atoms with E-state index in [1.807, 2.05) is 0 Å². The van der Waals surface area contributed by atoms with Crippen LogP contribution in [0.3, 0.4) is 0 Å². The van der Waals surface area contributed by atoms with Gasteiger partial charge in [-0.1, -0.05) is 78.1 Å². The molecule has 0 bridgehead atoms. The summed E-state index contributed by atoms with van der Waals surface area (Å²) >= 11 is 0. The van der Waals surface area contributed by atoms with Crippen molar-refractivity contribution in [1.29, 1.82) is 0 Å². The maximum Gasteiger partial charge on any atom is 0.303 e. The highest BCUT2D eigenvalue weighted by Gasteiger charge is 1.96. The number of carboxylic acid groups (broad SMARTS) is 2. The standard InChI is InChI=1S/C10H20O2.C8H16O2.C3H8O3/c1-2-3-4-5-6-7-8-9-10(11)12;1-2-3-4-5-6-7-8(9)10;4-1-3(6)2-5/h2-9H2,1H3,(H,11,12);2-7H2,1H3,(H,9,10);3-6H,1-2H2. The first kappa shape index (κ1) is 31.5. The lowest BCUT2D eigenvalue weighted by Crippen LogP contribution is -2.15. The van der Waals surface area contributed by atoms with Crippen molar-refractivity contribution in [3.05, 3.63) is 0 Å². The molecule has 0 amide bonds. The monoisotopic (exact) mass is 408 g/mol. The Morgan fingerprint density at radius 2 is 0.893 bits per heavy atom. The van der Waals surface area contributed by atoms with Gasteiger partial charge in [0.05, 0.1) is 13.2 Å². The normalized spacial score (nSPS) is 9.93. The molecule has 0 heterocycles. The van der Waals surface area contributed by atoms with Gasteiger partial charge in [-0.3, -0.25) is 9.59 Å². The van der Waals surface area contributed by atoms with Crippen LogP contribution in [-0.2, 0) is 9.59 Å². The summed E-state index contributed by atoms with van der Waals surface area (Å²) in [5.41, 5.74) is 0. The third-order valence-corrected chi connectivity index (χ3v) is 3.91. The largest absolute Gasteiger partial charge is 0.481 e. The summed E-state index contributed by atoms with van der Waals surface area (Å²) < 4.78 is 0. The highest BCUT2D eigenvalue weighted by atomic mass is 16.4. The molecule has 0 radical (unpaired) electrons. The van der Waals surface area contributed by atoms with E-state index >= 15 is 0 Å². The Morgan fingerprint density at radius 1 is 0.607 bits per heavy atom. The van der Waals surface area contributed by atoms with Gasteiger partial charge in [-0.25, -0.2) is 0 Å². The van der Waals surface area contributed by atoms with Gasteiger partial charge >= 0.3 is 11.9 Å². The SMILES string of the molecule is CCCCCCCC(=O)O.CCCCCCCCCC(=O)O.OCC(O)CO. The molecule has 0 aromatic carbocycles. The summed E-state index contributed by atoms with van der Waals surface area (Å²) in [6.07, 6.45) is 13.6. The number of rotatable bonds is 16. The number of unbranched alkanes of at least 4 members (excludes halogenated alkanes) is 10. The van der Waals surface area contributed by atoms with Crippen LogP contribution in [0.1, 0.15) is 104 Å². The van der Waals surface area contributed by atoms with Gasteiger partial charge in [-0.15, -0.1) is 0 Å². The van der Waals surface area contributed by atoms with Gasteiger partial charge in [0.1, 0.15) is 6.10 Å². The predicted octanol–water partition coefficient (Wildman–Crippen LogP) is 3.98. The van der Waals surface area contributed by atoms with Crippen LogP contribution >= 0.6 is 0 Å². The molecular weight excluding hydrogens is 364 g/mol. The van der Waals surface area contributed by atoms with Crippen LogP contribution in [0.5, 0.6) is 0 Å². The Balaban J connectivity index is -0.000000354. The first-order valence-corrected chi connectivity index (χ1v) is 10.7. The first-order chi connectivity index (χ1) is 13.3. The van der Waals surface area contributed by atoms with Gasteiger partial charge < -0.3 is 25.5 Å². The molecule has 0 saturated carbocycles. The van der Waals surface area contributed by atoms with Crippen LogP contribution in [0.4, 0.5) is 0 Å². The second kappa shape index (κ2) is 28.0. The Morgan fingerprint density at radius 3 is 1.11 bits per heavy atom. The van der Waals surface area contributed by atoms with E-state index in [4.69, 9.17) is 25.5 Å². The maximum atomic E-state index is 10.1. The minimum Gasteiger partial charge on any atom is -0.481 e. The van der Waals surface area contributed by atoms with E-state index in [9.17, 15) is 9.59 Å². The number of hydrogen-bond donors (Lipinski definition) is 5. The number of carboxylic acids is 2. The molecule has 0 aliphatic rings. The highest BCUT2D eigenvalue weighted by Crippen LogP contribution is 2.08. The van der Waals surface area contributed by atoms with Crippen molar-refractivity contribution in [2.75, 3.05) is 13.2 Å². The first-order valence-electron chi connectivity index (χ1n) is 10.7. The molecule has 0 aliphatic heterocycles. The smallest absolute Gasteiger partial charge is 0.303 e. The Kier molecular flexibility index (Phi) is 31.6. The quantitative estimate of drug-likeness (QED) is 0.244. The fourth-order valence-corrected chi connectivity index (χ4v) is 2.17. The molecule has 0 rings (SSSR count). The molecule has 0 aromatic heterocycles. The molecule has 0 atom stereocenters.